The zero-order chi connectivity index (χ0) is 25.6. The van der Waals surface area contributed by atoms with E-state index in [9.17, 15) is 37.1 Å². The van der Waals surface area contributed by atoms with Crippen molar-refractivity contribution in [3.8, 4) is 11.8 Å². The van der Waals surface area contributed by atoms with Gasteiger partial charge in [-0.3, -0.25) is 28.7 Å². The number of hydrogen-bond acceptors (Lipinski definition) is 9. The molecule has 186 valence electrons. The Morgan fingerprint density at radius 1 is 1.21 bits per heavy atom. The molecular weight excluding hydrogens is 471 g/mol. The van der Waals surface area contributed by atoms with Crippen molar-refractivity contribution in [3.63, 3.8) is 0 Å². The molecule has 4 atom stereocenters. The fourth-order valence-electron chi connectivity index (χ4n) is 2.98. The fraction of sp³-hybridized carbons (Fsp3) is 0.526. The Labute approximate surface area is 189 Å². The van der Waals surface area contributed by atoms with Gasteiger partial charge in [-0.05, 0) is 0 Å². The van der Waals surface area contributed by atoms with Crippen LogP contribution in [0, 0.1) is 11.8 Å². The summed E-state index contributed by atoms with van der Waals surface area (Å²) < 4.78 is 58.6. The smallest absolute Gasteiger partial charge is 0.463 e. The summed E-state index contributed by atoms with van der Waals surface area (Å²) in [7, 11) is 1.24. The Balaban J connectivity index is 2.34. The number of aromatic nitrogens is 2. The Bertz CT molecular complexity index is 1120. The van der Waals surface area contributed by atoms with Crippen LogP contribution in [0.25, 0.3) is 0 Å². The molecule has 1 aliphatic rings. The van der Waals surface area contributed by atoms with E-state index < -0.39 is 66.4 Å². The number of esters is 2. The lowest BCUT2D eigenvalue weighted by Crippen LogP contribution is -2.41. The van der Waals surface area contributed by atoms with Gasteiger partial charge in [0.1, 0.15) is 24.4 Å². The largest absolute Gasteiger partial charge is 0.471 e. The molecule has 2 rings (SSSR count). The maximum Gasteiger partial charge on any atom is 0.471 e. The first-order valence-electron chi connectivity index (χ1n) is 9.53. The van der Waals surface area contributed by atoms with Crippen LogP contribution in [0.3, 0.4) is 0 Å². The molecule has 0 spiro atoms. The lowest BCUT2D eigenvalue weighted by atomic mass is 10.1. The van der Waals surface area contributed by atoms with Crippen LogP contribution >= 0.6 is 0 Å². The average molecular weight is 491 g/mol. The summed E-state index contributed by atoms with van der Waals surface area (Å²) in [6, 6.07) is 0. The number of ether oxygens (including phenoxy) is 4. The second-order valence-electron chi connectivity index (χ2n) is 6.83. The summed E-state index contributed by atoms with van der Waals surface area (Å²) in [5.41, 5.74) is -2.25. The molecule has 0 aromatic carbocycles. The van der Waals surface area contributed by atoms with Gasteiger partial charge in [0.2, 0.25) is 0 Å². The zero-order valence-corrected chi connectivity index (χ0v) is 18.1. The third-order valence-corrected chi connectivity index (χ3v) is 4.37. The highest BCUT2D eigenvalue weighted by atomic mass is 19.4. The first kappa shape index (κ1) is 26.6. The molecule has 2 heterocycles. The standard InChI is InChI=1S/C19H20F3N3O9/c1-9(26)32-8-12-13(33-10(2)27)14(31-3)16(34-12)25-7-11(15(28)24-18(25)30)5-4-6-23-17(29)19(20,21)22/h7,12-14,16H,6,8H2,1-3H3,(H,23,29)(H,24,28,30)/t12-,13?,14+,16-/m1/s1. The normalized spacial score (nSPS) is 21.8. The lowest BCUT2D eigenvalue weighted by Gasteiger charge is -2.23. The van der Waals surface area contributed by atoms with E-state index in [2.05, 4.69) is 11.8 Å². The first-order valence-corrected chi connectivity index (χ1v) is 9.53. The Hall–Kier alpha value is -3.64. The third-order valence-electron chi connectivity index (χ3n) is 4.37. The predicted octanol–water partition coefficient (Wildman–Crippen LogP) is -1.03. The minimum Gasteiger partial charge on any atom is -0.463 e. The molecule has 0 saturated carbocycles. The number of hydrogen-bond donors (Lipinski definition) is 2. The van der Waals surface area contributed by atoms with E-state index in [1.807, 2.05) is 4.98 Å². The van der Waals surface area contributed by atoms with E-state index in [0.717, 1.165) is 24.6 Å². The van der Waals surface area contributed by atoms with Crippen LogP contribution in [-0.4, -0.2) is 72.1 Å². The van der Waals surface area contributed by atoms with Crippen LogP contribution in [0.15, 0.2) is 15.8 Å². The molecule has 1 aromatic rings. The van der Waals surface area contributed by atoms with Crippen LogP contribution in [0.4, 0.5) is 13.2 Å². The first-order chi connectivity index (χ1) is 15.8. The Morgan fingerprint density at radius 2 is 1.88 bits per heavy atom. The molecule has 1 aliphatic heterocycles. The van der Waals surface area contributed by atoms with Crippen molar-refractivity contribution in [2.24, 2.45) is 0 Å². The molecular formula is C19H20F3N3O9. The second kappa shape index (κ2) is 11.0. The summed E-state index contributed by atoms with van der Waals surface area (Å²) in [4.78, 5) is 60.0. The van der Waals surface area contributed by atoms with Gasteiger partial charge in [0.05, 0.1) is 6.54 Å². The highest BCUT2D eigenvalue weighted by molar-refractivity contribution is 5.81. The Morgan fingerprint density at radius 3 is 2.44 bits per heavy atom. The Kier molecular flexibility index (Phi) is 8.60. The number of carbonyl (C=O) groups excluding carboxylic acids is 3. The van der Waals surface area contributed by atoms with Gasteiger partial charge in [-0.1, -0.05) is 11.8 Å². The molecule has 0 radical (unpaired) electrons. The van der Waals surface area contributed by atoms with E-state index in [-0.39, 0.29) is 12.2 Å². The zero-order valence-electron chi connectivity index (χ0n) is 18.1. The van der Waals surface area contributed by atoms with Crippen molar-refractivity contribution >= 4 is 17.8 Å². The number of carbonyl (C=O) groups is 3. The van der Waals surface area contributed by atoms with Gasteiger partial charge in [0, 0.05) is 27.2 Å². The molecule has 34 heavy (non-hydrogen) atoms. The molecule has 1 unspecified atom stereocenters. The van der Waals surface area contributed by atoms with E-state index in [1.165, 1.54) is 12.4 Å². The van der Waals surface area contributed by atoms with Crippen molar-refractivity contribution < 1.29 is 46.5 Å². The van der Waals surface area contributed by atoms with Crippen LogP contribution < -0.4 is 16.6 Å². The molecule has 0 bridgehead atoms. The maximum absolute atomic E-state index is 12.4. The van der Waals surface area contributed by atoms with Crippen molar-refractivity contribution in [2.75, 3.05) is 20.3 Å². The number of aromatic amines is 1. The summed E-state index contributed by atoms with van der Waals surface area (Å²) in [6.07, 6.45) is -8.62. The molecule has 12 nitrogen and oxygen atoms in total. The summed E-state index contributed by atoms with van der Waals surface area (Å²) in [5, 5.41) is 1.51. The van der Waals surface area contributed by atoms with Gasteiger partial charge in [0.15, 0.2) is 12.3 Å². The summed E-state index contributed by atoms with van der Waals surface area (Å²) >= 11 is 0. The third kappa shape index (κ3) is 6.68. The SMILES string of the molecule is CO[C@H]1C(OC(C)=O)[C@@H](COC(C)=O)O[C@H]1n1cc(C#CCNC(=O)C(F)(F)F)c(=O)[nH]c1=O. The van der Waals surface area contributed by atoms with E-state index in [0.29, 0.717) is 0 Å². The molecule has 15 heteroatoms. The highest BCUT2D eigenvalue weighted by Gasteiger charge is 2.49. The van der Waals surface area contributed by atoms with Gasteiger partial charge in [-0.15, -0.1) is 0 Å². The molecule has 1 fully saturated rings. The molecule has 0 aliphatic carbocycles. The van der Waals surface area contributed by atoms with Gasteiger partial charge < -0.3 is 24.3 Å². The number of methoxy groups -OCH3 is 1. The van der Waals surface area contributed by atoms with Gasteiger partial charge in [-0.25, -0.2) is 4.79 Å². The van der Waals surface area contributed by atoms with Crippen LogP contribution in [0.5, 0.6) is 0 Å². The highest BCUT2D eigenvalue weighted by Crippen LogP contribution is 2.33. The maximum atomic E-state index is 12.4. The van der Waals surface area contributed by atoms with Gasteiger partial charge in [0.25, 0.3) is 5.56 Å². The summed E-state index contributed by atoms with van der Waals surface area (Å²) in [6.45, 7) is 1.21. The molecule has 1 saturated heterocycles. The number of rotatable bonds is 6. The predicted molar refractivity (Wildman–Crippen MR) is 104 cm³/mol. The number of nitrogens with one attached hydrogen (secondary N) is 2. The van der Waals surface area contributed by atoms with Crippen LogP contribution in [-0.2, 0) is 33.3 Å². The van der Waals surface area contributed by atoms with Crippen LogP contribution in [0.1, 0.15) is 25.6 Å². The van der Waals surface area contributed by atoms with Crippen molar-refractivity contribution in [2.45, 2.75) is 44.6 Å². The molecule has 1 aromatic heterocycles. The second-order valence-corrected chi connectivity index (χ2v) is 6.83. The topological polar surface area (TPSA) is 155 Å². The van der Waals surface area contributed by atoms with Gasteiger partial charge >= 0.3 is 29.7 Å². The average Bonchev–Trinajstić information content (AvgIpc) is 3.06. The van der Waals surface area contributed by atoms with E-state index >= 15 is 0 Å². The number of halogens is 3. The van der Waals surface area contributed by atoms with Crippen molar-refractivity contribution in [3.05, 3.63) is 32.6 Å². The quantitative estimate of drug-likeness (QED) is 0.376. The number of nitrogens with zero attached hydrogens (tertiary/aromatic N) is 1. The fourth-order valence-corrected chi connectivity index (χ4v) is 2.98. The van der Waals surface area contributed by atoms with Crippen molar-refractivity contribution in [1.82, 2.24) is 14.9 Å². The molecule has 1 amide bonds. The van der Waals surface area contributed by atoms with Gasteiger partial charge in [-0.2, -0.15) is 13.2 Å². The number of H-pyrrole nitrogens is 1. The van der Waals surface area contributed by atoms with Crippen molar-refractivity contribution in [1.29, 1.82) is 0 Å². The minimum atomic E-state index is -5.09. The van der Waals surface area contributed by atoms with E-state index in [1.54, 1.807) is 0 Å². The summed E-state index contributed by atoms with van der Waals surface area (Å²) in [5.74, 6) is 0.867. The lowest BCUT2D eigenvalue weighted by molar-refractivity contribution is -0.173. The monoisotopic (exact) mass is 491 g/mol. The number of alkyl halides is 3. The van der Waals surface area contributed by atoms with E-state index in [4.69, 9.17) is 18.9 Å². The minimum absolute atomic E-state index is 0.340. The van der Waals surface area contributed by atoms with Crippen LogP contribution in [0.2, 0.25) is 0 Å². The molecule has 2 N–H and O–H groups in total. The number of amides is 1.